The van der Waals surface area contributed by atoms with Crippen molar-refractivity contribution in [3.8, 4) is 0 Å². The van der Waals surface area contributed by atoms with Gasteiger partial charge in [0.25, 0.3) is 0 Å². The van der Waals surface area contributed by atoms with E-state index < -0.39 is 17.0 Å². The number of hydrogen-bond acceptors (Lipinski definition) is 4. The summed E-state index contributed by atoms with van der Waals surface area (Å²) in [4.78, 5) is 13.9. The molecule has 0 aromatic rings. The molecule has 1 heterocycles. The average molecular weight is 347 g/mol. The highest BCUT2D eigenvalue weighted by atomic mass is 32.2. The number of piperidine rings is 1. The number of carbonyl (C=O) groups is 1. The molecule has 1 aliphatic heterocycles. The molecule has 136 valence electrons. The van der Waals surface area contributed by atoms with E-state index in [1.807, 2.05) is 41.5 Å². The third-order valence-electron chi connectivity index (χ3n) is 4.01. The molecule has 2 atom stereocenters. The van der Waals surface area contributed by atoms with Gasteiger partial charge in [-0.3, -0.25) is 0 Å². The highest BCUT2D eigenvalue weighted by Gasteiger charge is 2.34. The lowest BCUT2D eigenvalue weighted by molar-refractivity contribution is 0.0171. The molecule has 0 saturated carbocycles. The molecule has 1 amide bonds. The Bertz CT molecular complexity index is 382. The summed E-state index contributed by atoms with van der Waals surface area (Å²) in [6.07, 6.45) is 2.56. The van der Waals surface area contributed by atoms with Crippen LogP contribution in [0.25, 0.3) is 0 Å². The van der Waals surface area contributed by atoms with Gasteiger partial charge < -0.3 is 14.2 Å². The molecule has 0 aromatic heterocycles. The first-order chi connectivity index (χ1) is 10.4. The molecule has 6 heteroatoms. The number of carbonyl (C=O) groups excluding carboxylic acids is 1. The number of hydrogen-bond donors (Lipinski definition) is 1. The number of amides is 1. The first-order valence-electron chi connectivity index (χ1n) is 8.60. The molecule has 0 bridgehead atoms. The van der Waals surface area contributed by atoms with Crippen LogP contribution in [0.4, 0.5) is 4.79 Å². The van der Waals surface area contributed by atoms with Crippen molar-refractivity contribution in [3.05, 3.63) is 0 Å². The summed E-state index contributed by atoms with van der Waals surface area (Å²) in [5.41, 5.74) is -0.453. The summed E-state index contributed by atoms with van der Waals surface area (Å²) < 4.78 is 20.8. The van der Waals surface area contributed by atoms with Crippen molar-refractivity contribution in [3.63, 3.8) is 0 Å². The van der Waals surface area contributed by atoms with Crippen molar-refractivity contribution in [2.75, 3.05) is 13.1 Å². The molecule has 5 nitrogen and oxygen atoms in total. The highest BCUT2D eigenvalue weighted by Crippen LogP contribution is 2.26. The third-order valence-corrected chi connectivity index (χ3v) is 5.64. The lowest BCUT2D eigenvalue weighted by Crippen LogP contribution is -2.50. The van der Waals surface area contributed by atoms with Crippen molar-refractivity contribution in [2.24, 2.45) is 5.92 Å². The minimum Gasteiger partial charge on any atom is -0.598 e. The van der Waals surface area contributed by atoms with E-state index in [1.54, 1.807) is 4.90 Å². The molecule has 1 N–H and O–H groups in total. The zero-order valence-electron chi connectivity index (χ0n) is 15.8. The molecule has 1 aliphatic rings. The first-order valence-corrected chi connectivity index (χ1v) is 9.75. The Morgan fingerprint density at radius 3 is 2.17 bits per heavy atom. The second-order valence-corrected chi connectivity index (χ2v) is 10.3. The van der Waals surface area contributed by atoms with E-state index in [-0.39, 0.29) is 16.9 Å². The van der Waals surface area contributed by atoms with Crippen molar-refractivity contribution in [1.82, 2.24) is 9.62 Å². The molecule has 1 rings (SSSR count). The van der Waals surface area contributed by atoms with Crippen molar-refractivity contribution < 1.29 is 14.1 Å². The Labute approximate surface area is 144 Å². The SMILES string of the molecule is CCC(N[S+]([O-])C(C)(C)C)C1CCN(C(=O)OC(C)(C)C)CC1. The van der Waals surface area contributed by atoms with Crippen LogP contribution in [0.5, 0.6) is 0 Å². The maximum atomic E-state index is 12.3. The van der Waals surface area contributed by atoms with E-state index in [2.05, 4.69) is 11.6 Å². The Morgan fingerprint density at radius 2 is 1.78 bits per heavy atom. The maximum Gasteiger partial charge on any atom is 0.410 e. The van der Waals surface area contributed by atoms with Gasteiger partial charge in [0.2, 0.25) is 0 Å². The van der Waals surface area contributed by atoms with Crippen molar-refractivity contribution >= 4 is 17.5 Å². The van der Waals surface area contributed by atoms with Gasteiger partial charge in [0.1, 0.15) is 10.3 Å². The molecule has 1 saturated heterocycles. The van der Waals surface area contributed by atoms with E-state index in [0.717, 1.165) is 19.3 Å². The normalized spacial score (nSPS) is 20.3. The maximum absolute atomic E-state index is 12.3. The second-order valence-electron chi connectivity index (χ2n) is 8.32. The van der Waals surface area contributed by atoms with E-state index in [9.17, 15) is 9.35 Å². The molecule has 2 unspecified atom stereocenters. The summed E-state index contributed by atoms with van der Waals surface area (Å²) in [7, 11) is 0. The predicted octanol–water partition coefficient (Wildman–Crippen LogP) is 3.46. The summed E-state index contributed by atoms with van der Waals surface area (Å²) in [6, 6.07) is 0.232. The van der Waals surface area contributed by atoms with Crippen LogP contribution in [0.1, 0.15) is 67.7 Å². The minimum atomic E-state index is -1.06. The highest BCUT2D eigenvalue weighted by molar-refractivity contribution is 7.90. The van der Waals surface area contributed by atoms with Crippen LogP contribution in [0.15, 0.2) is 0 Å². The summed E-state index contributed by atoms with van der Waals surface area (Å²) >= 11 is -1.06. The number of rotatable bonds is 4. The quantitative estimate of drug-likeness (QED) is 0.792. The Balaban J connectivity index is 2.52. The number of nitrogens with zero attached hydrogens (tertiary/aromatic N) is 1. The summed E-state index contributed by atoms with van der Waals surface area (Å²) in [6.45, 7) is 15.1. The summed E-state index contributed by atoms with van der Waals surface area (Å²) in [5.74, 6) is 0.449. The minimum absolute atomic E-state index is 0.227. The fourth-order valence-corrected chi connectivity index (χ4v) is 3.63. The molecular weight excluding hydrogens is 312 g/mol. The molecule has 23 heavy (non-hydrogen) atoms. The van der Waals surface area contributed by atoms with E-state index in [1.165, 1.54) is 0 Å². The van der Waals surface area contributed by atoms with Gasteiger partial charge >= 0.3 is 6.09 Å². The number of likely N-dealkylation sites (tertiary alicyclic amines) is 1. The molecule has 0 aliphatic carbocycles. The smallest absolute Gasteiger partial charge is 0.410 e. The topological polar surface area (TPSA) is 64.6 Å². The molecule has 1 fully saturated rings. The Hall–Kier alpha value is -0.460. The van der Waals surface area contributed by atoms with Gasteiger partial charge in [-0.25, -0.2) is 4.79 Å². The third kappa shape index (κ3) is 6.89. The molecule has 0 spiro atoms. The standard InChI is InChI=1S/C17H34N2O3S/c1-8-14(18-23(21)17(5,6)7)13-9-11-19(12-10-13)15(20)22-16(2,3)4/h13-14,18H,8-12H2,1-7H3. The largest absolute Gasteiger partial charge is 0.598 e. The molecule has 0 radical (unpaired) electrons. The zero-order chi connectivity index (χ0) is 17.8. The van der Waals surface area contributed by atoms with E-state index >= 15 is 0 Å². The Morgan fingerprint density at radius 1 is 1.26 bits per heavy atom. The monoisotopic (exact) mass is 346 g/mol. The van der Waals surface area contributed by atoms with Gasteiger partial charge in [0.15, 0.2) is 0 Å². The van der Waals surface area contributed by atoms with Crippen LogP contribution in [0, 0.1) is 5.92 Å². The predicted molar refractivity (Wildman–Crippen MR) is 95.6 cm³/mol. The fourth-order valence-electron chi connectivity index (χ4n) is 2.64. The van der Waals surface area contributed by atoms with Gasteiger partial charge in [-0.05, 0) is 66.7 Å². The second kappa shape index (κ2) is 8.08. The van der Waals surface area contributed by atoms with Gasteiger partial charge in [-0.1, -0.05) is 6.92 Å². The van der Waals surface area contributed by atoms with Gasteiger partial charge in [0.05, 0.1) is 6.04 Å². The fraction of sp³-hybridized carbons (Fsp3) is 0.941. The first kappa shape index (κ1) is 20.6. The van der Waals surface area contributed by atoms with E-state index in [4.69, 9.17) is 4.74 Å². The van der Waals surface area contributed by atoms with Gasteiger partial charge in [-0.2, -0.15) is 0 Å². The Kier molecular flexibility index (Phi) is 7.23. The van der Waals surface area contributed by atoms with Crippen LogP contribution in [-0.2, 0) is 16.1 Å². The number of nitrogens with one attached hydrogen (secondary N) is 1. The zero-order valence-corrected chi connectivity index (χ0v) is 16.6. The summed E-state index contributed by atoms with van der Waals surface area (Å²) in [5, 5.41) is 0. The van der Waals surface area contributed by atoms with Crippen molar-refractivity contribution in [1.29, 1.82) is 0 Å². The molecular formula is C17H34N2O3S. The van der Waals surface area contributed by atoms with Crippen molar-refractivity contribution in [2.45, 2.75) is 84.1 Å². The van der Waals surface area contributed by atoms with E-state index in [0.29, 0.717) is 19.0 Å². The van der Waals surface area contributed by atoms with Crippen LogP contribution in [0.2, 0.25) is 0 Å². The lowest BCUT2D eigenvalue weighted by Gasteiger charge is -2.37. The van der Waals surface area contributed by atoms with Gasteiger partial charge in [0, 0.05) is 24.5 Å². The number of ether oxygens (including phenoxy) is 1. The van der Waals surface area contributed by atoms with Gasteiger partial charge in [-0.15, -0.1) is 4.72 Å². The lowest BCUT2D eigenvalue weighted by atomic mass is 9.89. The van der Waals surface area contributed by atoms with Crippen LogP contribution in [-0.4, -0.2) is 45.0 Å². The van der Waals surface area contributed by atoms with Crippen LogP contribution >= 0.6 is 0 Å². The average Bonchev–Trinajstić information content (AvgIpc) is 2.41. The van der Waals surface area contributed by atoms with Crippen LogP contribution < -0.4 is 4.72 Å². The van der Waals surface area contributed by atoms with Crippen LogP contribution in [0.3, 0.4) is 0 Å². The molecule has 0 aromatic carbocycles.